The minimum Gasteiger partial charge on any atom is -0.491 e. The van der Waals surface area contributed by atoms with Crippen LogP contribution >= 0.6 is 12.2 Å². The van der Waals surface area contributed by atoms with Crippen molar-refractivity contribution in [3.63, 3.8) is 0 Å². The number of rotatable bonds is 7. The predicted octanol–water partition coefficient (Wildman–Crippen LogP) is 4.77. The van der Waals surface area contributed by atoms with Crippen LogP contribution in [-0.2, 0) is 22.8 Å². The lowest BCUT2D eigenvalue weighted by Crippen LogP contribution is -2.18. The molecule has 11 heteroatoms. The maximum absolute atomic E-state index is 13.0. The molecule has 0 bridgehead atoms. The van der Waals surface area contributed by atoms with Gasteiger partial charge in [-0.2, -0.15) is 13.2 Å². The van der Waals surface area contributed by atoms with E-state index < -0.39 is 22.6 Å². The van der Waals surface area contributed by atoms with Crippen molar-refractivity contribution >= 4 is 43.8 Å². The molecule has 3 rings (SSSR count). The molecule has 0 atom stereocenters. The van der Waals surface area contributed by atoms with Gasteiger partial charge in [0.1, 0.15) is 12.3 Å². The number of nitrogens with one attached hydrogen (secondary N) is 1. The Morgan fingerprint density at radius 3 is 2.59 bits per heavy atom. The largest absolute Gasteiger partial charge is 0.491 e. The van der Waals surface area contributed by atoms with Gasteiger partial charge in [-0.25, -0.2) is 13.4 Å². The van der Waals surface area contributed by atoms with Crippen LogP contribution in [0, 0.1) is 0 Å². The molecule has 0 aliphatic heterocycles. The molecule has 0 radical (unpaired) electrons. The van der Waals surface area contributed by atoms with E-state index in [1.54, 1.807) is 24.3 Å². The average Bonchev–Trinajstić information content (AvgIpc) is 3.04. The van der Waals surface area contributed by atoms with Crippen LogP contribution in [0.25, 0.3) is 11.0 Å². The molecule has 0 saturated heterocycles. The summed E-state index contributed by atoms with van der Waals surface area (Å²) < 4.78 is 69.6. The molecule has 1 heterocycles. The van der Waals surface area contributed by atoms with E-state index in [1.165, 1.54) is 12.1 Å². The number of nitrogens with zero attached hydrogens (tertiary/aromatic N) is 2. The SMILES string of the molecule is CC(C)Oc1ccc(S(C)(=O)=O)cc1CC(=S)Nc1cccc2ncn(CC(F)(F)F)c12. The average molecular weight is 486 g/mol. The maximum atomic E-state index is 13.0. The molecule has 172 valence electrons. The molecule has 0 saturated carbocycles. The summed E-state index contributed by atoms with van der Waals surface area (Å²) in [6, 6.07) is 9.42. The Labute approximate surface area is 189 Å². The molecular formula is C21H22F3N3O3S2. The number of hydrogen-bond donors (Lipinski definition) is 1. The first-order valence-corrected chi connectivity index (χ1v) is 11.9. The standard InChI is InChI=1S/C21H22F3N3O3S2/c1-13(2)30-18-8-7-15(32(3,28)29)9-14(18)10-19(31)26-17-6-4-5-16-20(17)27(12-25-16)11-21(22,23)24/h4-9,12-13H,10-11H2,1-3H3,(H,26,31). The number of fused-ring (bicyclic) bond motifs is 1. The number of halogens is 3. The number of imidazole rings is 1. The summed E-state index contributed by atoms with van der Waals surface area (Å²) in [5, 5.41) is 2.98. The van der Waals surface area contributed by atoms with Crippen LogP contribution in [0.1, 0.15) is 19.4 Å². The van der Waals surface area contributed by atoms with Gasteiger partial charge in [-0.3, -0.25) is 0 Å². The van der Waals surface area contributed by atoms with Crippen LogP contribution in [0.15, 0.2) is 47.6 Å². The van der Waals surface area contributed by atoms with Gasteiger partial charge in [-0.1, -0.05) is 18.3 Å². The third-order valence-corrected chi connectivity index (χ3v) is 5.79. The summed E-state index contributed by atoms with van der Waals surface area (Å²) in [7, 11) is -3.45. The first-order chi connectivity index (χ1) is 14.8. The Bertz CT molecular complexity index is 1250. The molecule has 32 heavy (non-hydrogen) atoms. The fraction of sp³-hybridized carbons (Fsp3) is 0.333. The number of sulfone groups is 1. The number of aromatic nitrogens is 2. The van der Waals surface area contributed by atoms with Gasteiger partial charge in [-0.05, 0) is 44.2 Å². The van der Waals surface area contributed by atoms with E-state index in [2.05, 4.69) is 10.3 Å². The zero-order valence-electron chi connectivity index (χ0n) is 17.6. The molecule has 1 aromatic heterocycles. The molecule has 0 amide bonds. The number of para-hydroxylation sites is 1. The number of ether oxygens (including phenoxy) is 1. The normalized spacial score (nSPS) is 12.3. The molecule has 0 aliphatic rings. The Morgan fingerprint density at radius 2 is 1.97 bits per heavy atom. The van der Waals surface area contributed by atoms with Crippen molar-refractivity contribution in [2.45, 2.75) is 44.0 Å². The lowest BCUT2D eigenvalue weighted by atomic mass is 10.1. The Hall–Kier alpha value is -2.66. The number of alkyl halides is 3. The number of thiocarbonyl (C=S) groups is 1. The van der Waals surface area contributed by atoms with E-state index in [0.717, 1.165) is 17.2 Å². The second kappa shape index (κ2) is 9.07. The molecule has 6 nitrogen and oxygen atoms in total. The molecule has 2 aromatic carbocycles. The number of hydrogen-bond acceptors (Lipinski definition) is 5. The minimum atomic E-state index is -4.41. The number of anilines is 1. The summed E-state index contributed by atoms with van der Waals surface area (Å²) in [6.07, 6.45) is -2.18. The van der Waals surface area contributed by atoms with Crippen LogP contribution in [0.3, 0.4) is 0 Å². The minimum absolute atomic E-state index is 0.122. The van der Waals surface area contributed by atoms with E-state index in [-0.39, 0.29) is 27.9 Å². The van der Waals surface area contributed by atoms with Crippen LogP contribution < -0.4 is 10.1 Å². The van der Waals surface area contributed by atoms with Crippen molar-refractivity contribution in [1.29, 1.82) is 0 Å². The smallest absolute Gasteiger partial charge is 0.406 e. The Balaban J connectivity index is 1.92. The van der Waals surface area contributed by atoms with E-state index in [9.17, 15) is 21.6 Å². The van der Waals surface area contributed by atoms with Crippen molar-refractivity contribution in [2.75, 3.05) is 11.6 Å². The van der Waals surface area contributed by atoms with Gasteiger partial charge in [0, 0.05) is 18.2 Å². The van der Waals surface area contributed by atoms with Gasteiger partial charge in [0.15, 0.2) is 9.84 Å². The molecule has 0 fully saturated rings. The quantitative estimate of drug-likeness (QED) is 0.486. The molecular weight excluding hydrogens is 463 g/mol. The third kappa shape index (κ3) is 5.98. The highest BCUT2D eigenvalue weighted by Gasteiger charge is 2.29. The monoisotopic (exact) mass is 485 g/mol. The van der Waals surface area contributed by atoms with Crippen molar-refractivity contribution in [3.05, 3.63) is 48.3 Å². The lowest BCUT2D eigenvalue weighted by molar-refractivity contribution is -0.139. The zero-order valence-corrected chi connectivity index (χ0v) is 19.2. The third-order valence-electron chi connectivity index (χ3n) is 4.44. The summed E-state index contributed by atoms with van der Waals surface area (Å²) in [4.78, 5) is 4.44. The fourth-order valence-electron chi connectivity index (χ4n) is 3.20. The van der Waals surface area contributed by atoms with Gasteiger partial charge in [-0.15, -0.1) is 0 Å². The van der Waals surface area contributed by atoms with Gasteiger partial charge < -0.3 is 14.6 Å². The van der Waals surface area contributed by atoms with E-state index in [1.807, 2.05) is 13.8 Å². The van der Waals surface area contributed by atoms with Gasteiger partial charge >= 0.3 is 6.18 Å². The maximum Gasteiger partial charge on any atom is 0.406 e. The second-order valence-electron chi connectivity index (χ2n) is 7.59. The first kappa shape index (κ1) is 24.0. The highest BCUT2D eigenvalue weighted by atomic mass is 32.2. The van der Waals surface area contributed by atoms with E-state index in [0.29, 0.717) is 22.5 Å². The Morgan fingerprint density at radius 1 is 1.25 bits per heavy atom. The first-order valence-electron chi connectivity index (χ1n) is 9.63. The Kier molecular flexibility index (Phi) is 6.80. The highest BCUT2D eigenvalue weighted by molar-refractivity contribution is 7.90. The van der Waals surface area contributed by atoms with Crippen LogP contribution in [-0.4, -0.2) is 41.5 Å². The van der Waals surface area contributed by atoms with Crippen LogP contribution in [0.2, 0.25) is 0 Å². The molecule has 0 spiro atoms. The van der Waals surface area contributed by atoms with Gasteiger partial charge in [0.05, 0.1) is 39.0 Å². The van der Waals surface area contributed by atoms with Crippen LogP contribution in [0.4, 0.5) is 18.9 Å². The van der Waals surface area contributed by atoms with E-state index in [4.69, 9.17) is 17.0 Å². The van der Waals surface area contributed by atoms with Crippen LogP contribution in [0.5, 0.6) is 5.75 Å². The topological polar surface area (TPSA) is 73.2 Å². The summed E-state index contributed by atoms with van der Waals surface area (Å²) in [6.45, 7) is 2.50. The molecule has 0 unspecified atom stereocenters. The molecule has 1 N–H and O–H groups in total. The van der Waals surface area contributed by atoms with Crippen molar-refractivity contribution < 1.29 is 26.3 Å². The number of benzene rings is 2. The summed E-state index contributed by atoms with van der Waals surface area (Å²) in [5.74, 6) is 0.483. The van der Waals surface area contributed by atoms with Gasteiger partial charge in [0.2, 0.25) is 0 Å². The summed E-state index contributed by atoms with van der Waals surface area (Å²) in [5.41, 5.74) is 1.59. The predicted molar refractivity (Wildman–Crippen MR) is 121 cm³/mol. The van der Waals surface area contributed by atoms with Crippen molar-refractivity contribution in [1.82, 2.24) is 9.55 Å². The molecule has 3 aromatic rings. The van der Waals surface area contributed by atoms with E-state index >= 15 is 0 Å². The summed E-state index contributed by atoms with van der Waals surface area (Å²) >= 11 is 5.45. The highest BCUT2D eigenvalue weighted by Crippen LogP contribution is 2.28. The zero-order chi connectivity index (χ0) is 23.7. The van der Waals surface area contributed by atoms with Crippen molar-refractivity contribution in [3.8, 4) is 5.75 Å². The molecule has 0 aliphatic carbocycles. The lowest BCUT2D eigenvalue weighted by Gasteiger charge is -2.17. The van der Waals surface area contributed by atoms with Gasteiger partial charge in [0.25, 0.3) is 0 Å². The fourth-order valence-corrected chi connectivity index (χ4v) is 4.14. The second-order valence-corrected chi connectivity index (χ2v) is 10.1. The van der Waals surface area contributed by atoms with Crippen molar-refractivity contribution in [2.24, 2.45) is 0 Å².